The first-order chi connectivity index (χ1) is 6.27. The van der Waals surface area contributed by atoms with Gasteiger partial charge in [0.15, 0.2) is 0 Å². The standard InChI is InChI=1S/C9H15N3O/c1-2-11-9(13)7-12-5-3-4-8(12)6-10/h8H,2-5,7H2,1H3,(H,11,13). The fourth-order valence-electron chi connectivity index (χ4n) is 1.60. The van der Waals surface area contributed by atoms with Gasteiger partial charge in [0.25, 0.3) is 0 Å². The van der Waals surface area contributed by atoms with Crippen molar-refractivity contribution in [3.8, 4) is 6.07 Å². The van der Waals surface area contributed by atoms with Gasteiger partial charge in [-0.1, -0.05) is 0 Å². The van der Waals surface area contributed by atoms with Crippen molar-refractivity contribution in [2.24, 2.45) is 0 Å². The van der Waals surface area contributed by atoms with Crippen LogP contribution in [0.5, 0.6) is 0 Å². The molecule has 13 heavy (non-hydrogen) atoms. The van der Waals surface area contributed by atoms with Gasteiger partial charge in [-0.05, 0) is 19.8 Å². The van der Waals surface area contributed by atoms with Crippen LogP contribution in [0.2, 0.25) is 0 Å². The van der Waals surface area contributed by atoms with E-state index in [-0.39, 0.29) is 11.9 Å². The molecular weight excluding hydrogens is 166 g/mol. The van der Waals surface area contributed by atoms with Gasteiger partial charge in [-0.15, -0.1) is 0 Å². The van der Waals surface area contributed by atoms with Crippen molar-refractivity contribution in [1.82, 2.24) is 10.2 Å². The average molecular weight is 181 g/mol. The number of likely N-dealkylation sites (N-methyl/N-ethyl adjacent to an activating group) is 1. The Labute approximate surface area is 78.5 Å². The maximum absolute atomic E-state index is 11.2. The molecule has 1 aliphatic heterocycles. The fourth-order valence-corrected chi connectivity index (χ4v) is 1.60. The molecule has 1 heterocycles. The molecule has 0 aromatic rings. The van der Waals surface area contributed by atoms with E-state index in [2.05, 4.69) is 11.4 Å². The number of nitriles is 1. The summed E-state index contributed by atoms with van der Waals surface area (Å²) in [6.07, 6.45) is 1.92. The molecule has 72 valence electrons. The van der Waals surface area contributed by atoms with Crippen LogP contribution in [0.25, 0.3) is 0 Å². The van der Waals surface area contributed by atoms with Crippen molar-refractivity contribution in [2.75, 3.05) is 19.6 Å². The summed E-state index contributed by atoms with van der Waals surface area (Å²) in [6, 6.07) is 2.15. The molecule has 0 spiro atoms. The number of nitrogens with one attached hydrogen (secondary N) is 1. The van der Waals surface area contributed by atoms with Gasteiger partial charge in [-0.25, -0.2) is 0 Å². The number of carbonyl (C=O) groups is 1. The maximum atomic E-state index is 11.2. The monoisotopic (exact) mass is 181 g/mol. The highest BCUT2D eigenvalue weighted by molar-refractivity contribution is 5.78. The molecule has 1 fully saturated rings. The highest BCUT2D eigenvalue weighted by Crippen LogP contribution is 2.15. The summed E-state index contributed by atoms with van der Waals surface area (Å²) >= 11 is 0. The summed E-state index contributed by atoms with van der Waals surface area (Å²) in [4.78, 5) is 13.1. The van der Waals surface area contributed by atoms with E-state index in [1.807, 2.05) is 11.8 Å². The first kappa shape index (κ1) is 10.0. The van der Waals surface area contributed by atoms with Gasteiger partial charge in [-0.3, -0.25) is 9.69 Å². The SMILES string of the molecule is CCNC(=O)CN1CCCC1C#N. The first-order valence-electron chi connectivity index (χ1n) is 4.68. The molecule has 1 amide bonds. The van der Waals surface area contributed by atoms with Crippen LogP contribution in [0, 0.1) is 11.3 Å². The van der Waals surface area contributed by atoms with Crippen LogP contribution in [0.4, 0.5) is 0 Å². The van der Waals surface area contributed by atoms with E-state index in [0.29, 0.717) is 13.1 Å². The summed E-state index contributed by atoms with van der Waals surface area (Å²) in [7, 11) is 0. The van der Waals surface area contributed by atoms with Gasteiger partial charge >= 0.3 is 0 Å². The molecule has 0 aliphatic carbocycles. The van der Waals surface area contributed by atoms with E-state index in [0.717, 1.165) is 19.4 Å². The Hall–Kier alpha value is -1.08. The minimum atomic E-state index is -0.0531. The van der Waals surface area contributed by atoms with E-state index in [9.17, 15) is 4.79 Å². The number of carbonyl (C=O) groups excluding carboxylic acids is 1. The predicted octanol–water partition coefficient (Wildman–Crippen LogP) is 0.110. The minimum Gasteiger partial charge on any atom is -0.355 e. The molecule has 4 nitrogen and oxygen atoms in total. The molecule has 0 aromatic carbocycles. The number of amides is 1. The van der Waals surface area contributed by atoms with Crippen LogP contribution in [0.3, 0.4) is 0 Å². The van der Waals surface area contributed by atoms with Gasteiger partial charge in [-0.2, -0.15) is 5.26 Å². The molecule has 1 rings (SSSR count). The average Bonchev–Trinajstić information content (AvgIpc) is 2.52. The maximum Gasteiger partial charge on any atom is 0.234 e. The number of likely N-dealkylation sites (tertiary alicyclic amines) is 1. The number of hydrogen-bond donors (Lipinski definition) is 1. The normalized spacial score (nSPS) is 22.6. The lowest BCUT2D eigenvalue weighted by molar-refractivity contribution is -0.122. The van der Waals surface area contributed by atoms with Crippen molar-refractivity contribution < 1.29 is 4.79 Å². The second-order valence-electron chi connectivity index (χ2n) is 3.21. The third kappa shape index (κ3) is 2.71. The largest absolute Gasteiger partial charge is 0.355 e. The molecule has 0 aromatic heterocycles. The predicted molar refractivity (Wildman–Crippen MR) is 48.9 cm³/mol. The first-order valence-corrected chi connectivity index (χ1v) is 4.68. The van der Waals surface area contributed by atoms with Crippen molar-refractivity contribution >= 4 is 5.91 Å². The van der Waals surface area contributed by atoms with Gasteiger partial charge in [0, 0.05) is 13.1 Å². The number of rotatable bonds is 3. The lowest BCUT2D eigenvalue weighted by Gasteiger charge is -2.17. The Kier molecular flexibility index (Phi) is 3.71. The second-order valence-corrected chi connectivity index (χ2v) is 3.21. The van der Waals surface area contributed by atoms with E-state index in [1.165, 1.54) is 0 Å². The van der Waals surface area contributed by atoms with Crippen LogP contribution in [0.15, 0.2) is 0 Å². The molecule has 1 aliphatic rings. The van der Waals surface area contributed by atoms with Crippen LogP contribution in [0.1, 0.15) is 19.8 Å². The number of hydrogen-bond acceptors (Lipinski definition) is 3. The summed E-state index contributed by atoms with van der Waals surface area (Å²) in [5.41, 5.74) is 0. The Morgan fingerprint density at radius 2 is 2.54 bits per heavy atom. The third-order valence-electron chi connectivity index (χ3n) is 2.23. The Morgan fingerprint density at radius 1 is 1.77 bits per heavy atom. The third-order valence-corrected chi connectivity index (χ3v) is 2.23. The zero-order valence-electron chi connectivity index (χ0n) is 7.92. The lowest BCUT2D eigenvalue weighted by atomic mass is 10.2. The molecule has 0 bridgehead atoms. The molecule has 1 N–H and O–H groups in total. The molecule has 1 unspecified atom stereocenters. The quantitative estimate of drug-likeness (QED) is 0.672. The Balaban J connectivity index is 2.36. The summed E-state index contributed by atoms with van der Waals surface area (Å²) in [5, 5.41) is 11.5. The summed E-state index contributed by atoms with van der Waals surface area (Å²) < 4.78 is 0. The zero-order chi connectivity index (χ0) is 9.68. The molecular formula is C9H15N3O. The fraction of sp³-hybridized carbons (Fsp3) is 0.778. The molecule has 0 radical (unpaired) electrons. The van der Waals surface area contributed by atoms with Gasteiger partial charge < -0.3 is 5.32 Å². The van der Waals surface area contributed by atoms with Crippen LogP contribution >= 0.6 is 0 Å². The highest BCUT2D eigenvalue weighted by Gasteiger charge is 2.25. The smallest absolute Gasteiger partial charge is 0.234 e. The minimum absolute atomic E-state index is 0.0182. The van der Waals surface area contributed by atoms with E-state index in [4.69, 9.17) is 5.26 Å². The highest BCUT2D eigenvalue weighted by atomic mass is 16.2. The van der Waals surface area contributed by atoms with Crippen molar-refractivity contribution in [3.63, 3.8) is 0 Å². The Morgan fingerprint density at radius 3 is 3.15 bits per heavy atom. The van der Waals surface area contributed by atoms with E-state index >= 15 is 0 Å². The van der Waals surface area contributed by atoms with Crippen molar-refractivity contribution in [1.29, 1.82) is 5.26 Å². The van der Waals surface area contributed by atoms with Gasteiger partial charge in [0.1, 0.15) is 0 Å². The van der Waals surface area contributed by atoms with E-state index < -0.39 is 0 Å². The molecule has 4 heteroatoms. The lowest BCUT2D eigenvalue weighted by Crippen LogP contribution is -2.39. The van der Waals surface area contributed by atoms with E-state index in [1.54, 1.807) is 0 Å². The zero-order valence-corrected chi connectivity index (χ0v) is 7.92. The van der Waals surface area contributed by atoms with Gasteiger partial charge in [0.2, 0.25) is 5.91 Å². The van der Waals surface area contributed by atoms with Crippen molar-refractivity contribution in [2.45, 2.75) is 25.8 Å². The van der Waals surface area contributed by atoms with Crippen LogP contribution in [-0.2, 0) is 4.79 Å². The van der Waals surface area contributed by atoms with Crippen molar-refractivity contribution in [3.05, 3.63) is 0 Å². The second kappa shape index (κ2) is 4.83. The number of nitrogens with zero attached hydrogens (tertiary/aromatic N) is 2. The summed E-state index contributed by atoms with van der Waals surface area (Å²) in [5.74, 6) is 0.0182. The van der Waals surface area contributed by atoms with Crippen LogP contribution < -0.4 is 5.32 Å². The van der Waals surface area contributed by atoms with Gasteiger partial charge in [0.05, 0.1) is 18.7 Å². The molecule has 1 saturated heterocycles. The molecule has 1 atom stereocenters. The summed E-state index contributed by atoms with van der Waals surface area (Å²) in [6.45, 7) is 3.79. The topological polar surface area (TPSA) is 56.1 Å². The van der Waals surface area contributed by atoms with Crippen LogP contribution in [-0.4, -0.2) is 36.5 Å². The Bertz CT molecular complexity index is 221. The molecule has 0 saturated carbocycles.